The molecule has 7 nitrogen and oxygen atoms in total. The Morgan fingerprint density at radius 3 is 2.71 bits per heavy atom. The van der Waals surface area contributed by atoms with Crippen LogP contribution in [0.25, 0.3) is 10.9 Å². The molecule has 2 unspecified atom stereocenters. The van der Waals surface area contributed by atoms with Crippen molar-refractivity contribution in [3.63, 3.8) is 0 Å². The number of nitrogens with zero attached hydrogens (tertiary/aromatic N) is 2. The quantitative estimate of drug-likeness (QED) is 0.296. The number of aryl methyl sites for hydroxylation is 1. The van der Waals surface area contributed by atoms with Crippen molar-refractivity contribution in [2.45, 2.75) is 63.0 Å². The number of hydrogen-bond acceptors (Lipinski definition) is 6. The summed E-state index contributed by atoms with van der Waals surface area (Å²) in [5.74, 6) is -0.372. The summed E-state index contributed by atoms with van der Waals surface area (Å²) in [5, 5.41) is 3.63. The Morgan fingerprint density at radius 2 is 1.97 bits per heavy atom. The Kier molecular flexibility index (Phi) is 7.60. The molecule has 0 spiro atoms. The fraction of sp³-hybridized carbons (Fsp3) is 0.407. The molecule has 35 heavy (non-hydrogen) atoms. The number of carbonyl (C=O) groups excluding carboxylic acids is 2. The summed E-state index contributed by atoms with van der Waals surface area (Å²) in [6, 6.07) is 13.0. The molecule has 1 aliphatic carbocycles. The van der Waals surface area contributed by atoms with E-state index in [1.807, 2.05) is 32.9 Å². The maximum absolute atomic E-state index is 13.3. The third kappa shape index (κ3) is 5.42. The number of fused-ring (bicyclic) bond motifs is 2. The third-order valence-electron chi connectivity index (χ3n) is 6.23. The Balaban J connectivity index is 1.63. The van der Waals surface area contributed by atoms with Gasteiger partial charge in [-0.25, -0.2) is 9.78 Å². The van der Waals surface area contributed by atoms with Gasteiger partial charge < -0.3 is 10.1 Å². The van der Waals surface area contributed by atoms with Crippen LogP contribution in [0, 0.1) is 5.92 Å². The Labute approximate surface area is 209 Å². The normalized spacial score (nSPS) is 16.1. The Hall–Kier alpha value is -3.13. The van der Waals surface area contributed by atoms with E-state index in [0.29, 0.717) is 28.2 Å². The van der Waals surface area contributed by atoms with Crippen LogP contribution in [0.4, 0.5) is 0 Å². The van der Waals surface area contributed by atoms with Gasteiger partial charge in [-0.15, -0.1) is 0 Å². The minimum absolute atomic E-state index is 0.0134. The number of rotatable bonds is 7. The summed E-state index contributed by atoms with van der Waals surface area (Å²) in [4.78, 5) is 43.2. The van der Waals surface area contributed by atoms with E-state index < -0.39 is 11.2 Å². The molecule has 0 aliphatic heterocycles. The van der Waals surface area contributed by atoms with E-state index in [4.69, 9.17) is 9.72 Å². The maximum atomic E-state index is 13.3. The van der Waals surface area contributed by atoms with Crippen LogP contribution in [0.3, 0.4) is 0 Å². The monoisotopic (exact) mass is 493 g/mol. The molecule has 4 rings (SSSR count). The number of benzene rings is 2. The van der Waals surface area contributed by atoms with Gasteiger partial charge in [0.2, 0.25) is 5.91 Å². The van der Waals surface area contributed by atoms with Crippen molar-refractivity contribution < 1.29 is 14.3 Å². The highest BCUT2D eigenvalue weighted by Gasteiger charge is 2.25. The number of methoxy groups -OCH3 is 1. The fourth-order valence-electron chi connectivity index (χ4n) is 4.47. The van der Waals surface area contributed by atoms with Crippen molar-refractivity contribution in [3.05, 3.63) is 69.5 Å². The van der Waals surface area contributed by atoms with Crippen LogP contribution in [-0.4, -0.2) is 33.8 Å². The van der Waals surface area contributed by atoms with Crippen molar-refractivity contribution in [1.82, 2.24) is 14.9 Å². The molecule has 2 aromatic carbocycles. The minimum atomic E-state index is -0.491. The molecule has 0 saturated heterocycles. The molecule has 2 atom stereocenters. The molecule has 1 heterocycles. The minimum Gasteiger partial charge on any atom is -0.465 e. The first kappa shape index (κ1) is 25.0. The predicted molar refractivity (Wildman–Crippen MR) is 138 cm³/mol. The van der Waals surface area contributed by atoms with Gasteiger partial charge in [0.05, 0.1) is 34.9 Å². The van der Waals surface area contributed by atoms with Crippen molar-refractivity contribution in [2.75, 3.05) is 7.11 Å². The van der Waals surface area contributed by atoms with E-state index in [1.54, 1.807) is 22.8 Å². The number of aromatic nitrogens is 2. The van der Waals surface area contributed by atoms with Crippen molar-refractivity contribution in [3.8, 4) is 0 Å². The van der Waals surface area contributed by atoms with Gasteiger partial charge in [-0.05, 0) is 61.4 Å². The lowest BCUT2D eigenvalue weighted by Crippen LogP contribution is -2.36. The molecule has 0 bridgehead atoms. The van der Waals surface area contributed by atoms with Gasteiger partial charge in [0, 0.05) is 6.54 Å². The van der Waals surface area contributed by atoms with Gasteiger partial charge in [-0.1, -0.05) is 49.9 Å². The van der Waals surface area contributed by atoms with E-state index in [1.165, 1.54) is 30.0 Å². The standard InChI is InChI=1S/C27H31N3O4S/c1-16(2)15-30-25(32)21-13-12-19(26(33)34-4)14-23(21)29-27(30)35-17(3)24(31)28-22-11-7-9-18-8-5-6-10-20(18)22/h5-6,8,10,12-14,16-17,22H,7,9,11,15H2,1-4H3,(H,28,31). The van der Waals surface area contributed by atoms with Crippen molar-refractivity contribution in [1.29, 1.82) is 0 Å². The summed E-state index contributed by atoms with van der Waals surface area (Å²) < 4.78 is 6.44. The highest BCUT2D eigenvalue weighted by molar-refractivity contribution is 8.00. The molecular formula is C27H31N3O4S. The number of ether oxygens (including phenoxy) is 1. The summed E-state index contributed by atoms with van der Waals surface area (Å²) in [6.07, 6.45) is 2.97. The predicted octanol–water partition coefficient (Wildman–Crippen LogP) is 4.51. The van der Waals surface area contributed by atoms with Crippen LogP contribution in [-0.2, 0) is 22.5 Å². The van der Waals surface area contributed by atoms with E-state index in [2.05, 4.69) is 17.4 Å². The molecule has 0 radical (unpaired) electrons. The zero-order chi connectivity index (χ0) is 25.1. The molecule has 1 aromatic heterocycles. The van der Waals surface area contributed by atoms with Gasteiger partial charge >= 0.3 is 5.97 Å². The third-order valence-corrected chi connectivity index (χ3v) is 7.32. The summed E-state index contributed by atoms with van der Waals surface area (Å²) >= 11 is 1.26. The summed E-state index contributed by atoms with van der Waals surface area (Å²) in [5.41, 5.74) is 3.02. The van der Waals surface area contributed by atoms with Gasteiger partial charge in [0.25, 0.3) is 5.56 Å². The van der Waals surface area contributed by atoms with Crippen molar-refractivity contribution in [2.24, 2.45) is 5.92 Å². The summed E-state index contributed by atoms with van der Waals surface area (Å²) in [7, 11) is 1.31. The number of carbonyl (C=O) groups is 2. The highest BCUT2D eigenvalue weighted by atomic mass is 32.2. The first-order valence-electron chi connectivity index (χ1n) is 12.0. The lowest BCUT2D eigenvalue weighted by Gasteiger charge is -2.27. The van der Waals surface area contributed by atoms with E-state index in [9.17, 15) is 14.4 Å². The van der Waals surface area contributed by atoms with Crippen LogP contribution in [0.2, 0.25) is 0 Å². The molecule has 1 aliphatic rings. The van der Waals surface area contributed by atoms with Crippen LogP contribution in [0.5, 0.6) is 0 Å². The zero-order valence-corrected chi connectivity index (χ0v) is 21.4. The number of amides is 1. The Bertz CT molecular complexity index is 1320. The number of hydrogen-bond donors (Lipinski definition) is 1. The van der Waals surface area contributed by atoms with Crippen molar-refractivity contribution >= 4 is 34.5 Å². The molecular weight excluding hydrogens is 462 g/mol. The average Bonchev–Trinajstić information content (AvgIpc) is 2.85. The molecule has 8 heteroatoms. The lowest BCUT2D eigenvalue weighted by molar-refractivity contribution is -0.121. The zero-order valence-electron chi connectivity index (χ0n) is 20.5. The molecule has 3 aromatic rings. The fourth-order valence-corrected chi connectivity index (χ4v) is 5.39. The second-order valence-corrected chi connectivity index (χ2v) is 10.6. The lowest BCUT2D eigenvalue weighted by atomic mass is 9.88. The molecule has 1 N–H and O–H groups in total. The second-order valence-electron chi connectivity index (χ2n) is 9.34. The average molecular weight is 494 g/mol. The number of thioether (sulfide) groups is 1. The SMILES string of the molecule is COC(=O)c1ccc2c(=O)n(CC(C)C)c(SC(C)C(=O)NC3CCCc4ccccc43)nc2c1. The van der Waals surface area contributed by atoms with Gasteiger partial charge in [-0.3, -0.25) is 14.2 Å². The summed E-state index contributed by atoms with van der Waals surface area (Å²) in [6.45, 7) is 6.37. The number of nitrogens with one attached hydrogen (secondary N) is 1. The molecule has 0 fully saturated rings. The molecule has 0 saturated carbocycles. The largest absolute Gasteiger partial charge is 0.465 e. The molecule has 184 valence electrons. The van der Waals surface area contributed by atoms with Gasteiger partial charge in [0.1, 0.15) is 0 Å². The van der Waals surface area contributed by atoms with Crippen LogP contribution in [0.15, 0.2) is 52.4 Å². The van der Waals surface area contributed by atoms with Crippen LogP contribution >= 0.6 is 11.8 Å². The van der Waals surface area contributed by atoms with Crippen LogP contribution in [0.1, 0.15) is 61.1 Å². The highest BCUT2D eigenvalue weighted by Crippen LogP contribution is 2.31. The Morgan fingerprint density at radius 1 is 1.20 bits per heavy atom. The van der Waals surface area contributed by atoms with Gasteiger partial charge in [0.15, 0.2) is 5.16 Å². The van der Waals surface area contributed by atoms with E-state index in [-0.39, 0.29) is 23.4 Å². The van der Waals surface area contributed by atoms with Crippen LogP contribution < -0.4 is 10.9 Å². The van der Waals surface area contributed by atoms with E-state index >= 15 is 0 Å². The topological polar surface area (TPSA) is 90.3 Å². The first-order valence-corrected chi connectivity index (χ1v) is 12.8. The maximum Gasteiger partial charge on any atom is 0.337 e. The first-order chi connectivity index (χ1) is 16.8. The smallest absolute Gasteiger partial charge is 0.337 e. The van der Waals surface area contributed by atoms with Gasteiger partial charge in [-0.2, -0.15) is 0 Å². The number of esters is 1. The van der Waals surface area contributed by atoms with E-state index in [0.717, 1.165) is 19.3 Å². The molecule has 1 amide bonds. The second kappa shape index (κ2) is 10.6.